The number of benzene rings is 2. The fourth-order valence-electron chi connectivity index (χ4n) is 5.14. The lowest BCUT2D eigenvalue weighted by molar-refractivity contribution is -0.140. The highest BCUT2D eigenvalue weighted by molar-refractivity contribution is 8.26. The maximum atomic E-state index is 12.7. The third-order valence-electron chi connectivity index (χ3n) is 6.58. The quantitative estimate of drug-likeness (QED) is 0.424. The highest BCUT2D eigenvalue weighted by Gasteiger charge is 2.42. The highest BCUT2D eigenvalue weighted by atomic mass is 32.2. The molecule has 1 amide bonds. The number of carboxylic acid groups (broad SMARTS) is 2. The van der Waals surface area contributed by atoms with Crippen molar-refractivity contribution in [3.8, 4) is 0 Å². The van der Waals surface area contributed by atoms with Crippen LogP contribution in [0.1, 0.15) is 41.9 Å². The van der Waals surface area contributed by atoms with E-state index < -0.39 is 18.5 Å². The van der Waals surface area contributed by atoms with Crippen LogP contribution >= 0.6 is 24.0 Å². The minimum atomic E-state index is -1.10. The fraction of sp³-hybridized carbons (Fsp3) is 0.231. The van der Waals surface area contributed by atoms with Gasteiger partial charge in [0, 0.05) is 29.4 Å². The minimum Gasteiger partial charge on any atom is -0.480 e. The second-order valence-electron chi connectivity index (χ2n) is 8.72. The Morgan fingerprint density at radius 1 is 1.09 bits per heavy atom. The molecule has 0 aromatic heterocycles. The van der Waals surface area contributed by atoms with Gasteiger partial charge in [-0.15, -0.1) is 0 Å². The van der Waals surface area contributed by atoms with Gasteiger partial charge in [0.1, 0.15) is 10.9 Å². The maximum Gasteiger partial charge on any atom is 0.328 e. The number of carboxylic acids is 2. The van der Waals surface area contributed by atoms with Gasteiger partial charge in [-0.25, -0.2) is 4.79 Å². The molecule has 2 fully saturated rings. The number of thioether (sulfide) groups is 1. The molecule has 1 saturated heterocycles. The Balaban J connectivity index is 1.44. The van der Waals surface area contributed by atoms with E-state index in [1.807, 2.05) is 30.3 Å². The molecule has 178 valence electrons. The average molecular weight is 507 g/mol. The van der Waals surface area contributed by atoms with Crippen molar-refractivity contribution >= 4 is 69.7 Å². The molecular formula is C26H22N2O5S2. The molecule has 3 aliphatic rings. The van der Waals surface area contributed by atoms with Crippen LogP contribution in [0.3, 0.4) is 0 Å². The summed E-state index contributed by atoms with van der Waals surface area (Å²) in [6.45, 7) is -0.435. The lowest BCUT2D eigenvalue weighted by Gasteiger charge is -2.27. The number of carbonyl (C=O) groups excluding carboxylic acids is 1. The van der Waals surface area contributed by atoms with Gasteiger partial charge >= 0.3 is 11.9 Å². The van der Waals surface area contributed by atoms with Crippen LogP contribution in [0.2, 0.25) is 0 Å². The van der Waals surface area contributed by atoms with Gasteiger partial charge in [0.25, 0.3) is 5.91 Å². The lowest BCUT2D eigenvalue weighted by atomic mass is 9.96. The molecule has 2 unspecified atom stereocenters. The Bertz CT molecular complexity index is 1300. The summed E-state index contributed by atoms with van der Waals surface area (Å²) in [7, 11) is 0. The summed E-state index contributed by atoms with van der Waals surface area (Å²) in [5.41, 5.74) is 5.17. The van der Waals surface area contributed by atoms with Gasteiger partial charge in [0.15, 0.2) is 0 Å². The van der Waals surface area contributed by atoms with Crippen LogP contribution < -0.4 is 4.90 Å². The van der Waals surface area contributed by atoms with Crippen molar-refractivity contribution in [3.05, 3.63) is 70.1 Å². The molecule has 7 nitrogen and oxygen atoms in total. The standard InChI is InChI=1S/C26H22N2O5S2/c29-23(30)11-7-15-4-8-17(9-5-15)28-20-3-1-2-18(20)19-12-16(6-10-21(19)28)13-22-25(33)27(14-24(31)32)26(34)35-22/h4-13,18,20H,1-3,14H2,(H,29,30)(H,31,32)/b11-7?,22-13-. The number of hydrogen-bond donors (Lipinski definition) is 2. The number of aliphatic carboxylic acids is 2. The average Bonchev–Trinajstić information content (AvgIpc) is 3.48. The molecule has 0 radical (unpaired) electrons. The Morgan fingerprint density at radius 3 is 2.54 bits per heavy atom. The van der Waals surface area contributed by atoms with Crippen LogP contribution in [0.25, 0.3) is 12.2 Å². The molecule has 9 heteroatoms. The van der Waals surface area contributed by atoms with Crippen molar-refractivity contribution in [2.75, 3.05) is 11.4 Å². The highest BCUT2D eigenvalue weighted by Crippen LogP contribution is 2.52. The summed E-state index contributed by atoms with van der Waals surface area (Å²) >= 11 is 6.33. The van der Waals surface area contributed by atoms with Gasteiger partial charge in [0.2, 0.25) is 0 Å². The number of nitrogens with zero attached hydrogens (tertiary/aromatic N) is 2. The number of anilines is 2. The van der Waals surface area contributed by atoms with E-state index in [1.165, 1.54) is 5.56 Å². The summed E-state index contributed by atoms with van der Waals surface area (Å²) in [6.07, 6.45) is 7.82. The number of carbonyl (C=O) groups is 3. The number of rotatable bonds is 6. The summed E-state index contributed by atoms with van der Waals surface area (Å²) in [4.78, 5) is 38.4. The molecule has 2 aliphatic heterocycles. The number of hydrogen-bond acceptors (Lipinski definition) is 6. The summed E-state index contributed by atoms with van der Waals surface area (Å²) in [5, 5.41) is 17.9. The maximum absolute atomic E-state index is 12.7. The molecule has 35 heavy (non-hydrogen) atoms. The minimum absolute atomic E-state index is 0.258. The SMILES string of the molecule is O=C(O)C=Cc1ccc(N2c3ccc(/C=C4\SC(=S)N(CC(=O)O)C4=O)cc3C3CCCC32)cc1. The molecule has 5 rings (SSSR count). The zero-order valence-corrected chi connectivity index (χ0v) is 20.2. The second-order valence-corrected chi connectivity index (χ2v) is 10.4. The van der Waals surface area contributed by atoms with Crippen LogP contribution in [-0.4, -0.2) is 49.9 Å². The van der Waals surface area contributed by atoms with Crippen LogP contribution in [0.5, 0.6) is 0 Å². The summed E-state index contributed by atoms with van der Waals surface area (Å²) < 4.78 is 0.258. The molecule has 2 aromatic rings. The number of amides is 1. The van der Waals surface area contributed by atoms with Gasteiger partial charge in [-0.3, -0.25) is 14.5 Å². The zero-order chi connectivity index (χ0) is 24.7. The molecule has 2 N–H and O–H groups in total. The molecule has 2 heterocycles. The predicted molar refractivity (Wildman–Crippen MR) is 140 cm³/mol. The van der Waals surface area contributed by atoms with Crippen molar-refractivity contribution in [1.82, 2.24) is 4.90 Å². The fourth-order valence-corrected chi connectivity index (χ4v) is 6.39. The molecule has 0 bridgehead atoms. The largest absolute Gasteiger partial charge is 0.480 e. The molecule has 1 aliphatic carbocycles. The zero-order valence-electron chi connectivity index (χ0n) is 18.6. The second kappa shape index (κ2) is 9.31. The Kier molecular flexibility index (Phi) is 6.21. The van der Waals surface area contributed by atoms with Crippen molar-refractivity contribution < 1.29 is 24.6 Å². The first-order valence-electron chi connectivity index (χ1n) is 11.2. The van der Waals surface area contributed by atoms with E-state index in [2.05, 4.69) is 17.0 Å². The Labute approximate surface area is 211 Å². The molecule has 1 saturated carbocycles. The molecule has 0 spiro atoms. The number of fused-ring (bicyclic) bond motifs is 3. The number of thiocarbonyl (C=S) groups is 1. The topological polar surface area (TPSA) is 98.2 Å². The third kappa shape index (κ3) is 4.49. The normalized spacial score (nSPS) is 22.3. The van der Waals surface area contributed by atoms with Crippen LogP contribution in [-0.2, 0) is 14.4 Å². The van der Waals surface area contributed by atoms with Gasteiger partial charge in [-0.05, 0) is 65.9 Å². The third-order valence-corrected chi connectivity index (χ3v) is 7.95. The van der Waals surface area contributed by atoms with Crippen molar-refractivity contribution in [1.29, 1.82) is 0 Å². The molecule has 2 atom stereocenters. The predicted octanol–water partition coefficient (Wildman–Crippen LogP) is 4.86. The van der Waals surface area contributed by atoms with E-state index in [0.29, 0.717) is 16.9 Å². The first-order chi connectivity index (χ1) is 16.8. The van der Waals surface area contributed by atoms with E-state index in [-0.39, 0.29) is 10.2 Å². The van der Waals surface area contributed by atoms with Crippen LogP contribution in [0.15, 0.2) is 53.4 Å². The Hall–Kier alpha value is -3.43. The Morgan fingerprint density at radius 2 is 1.83 bits per heavy atom. The van der Waals surface area contributed by atoms with Gasteiger partial charge in [0.05, 0.1) is 4.91 Å². The van der Waals surface area contributed by atoms with Gasteiger partial charge in [-0.1, -0.05) is 48.6 Å². The van der Waals surface area contributed by atoms with Crippen molar-refractivity contribution in [3.63, 3.8) is 0 Å². The monoisotopic (exact) mass is 506 g/mol. The van der Waals surface area contributed by atoms with E-state index in [0.717, 1.165) is 64.5 Å². The van der Waals surface area contributed by atoms with E-state index in [9.17, 15) is 14.4 Å². The van der Waals surface area contributed by atoms with E-state index in [1.54, 1.807) is 12.2 Å². The van der Waals surface area contributed by atoms with Crippen molar-refractivity contribution in [2.24, 2.45) is 0 Å². The van der Waals surface area contributed by atoms with Crippen molar-refractivity contribution in [2.45, 2.75) is 31.2 Å². The summed E-state index contributed by atoms with van der Waals surface area (Å²) in [5.74, 6) is -2.05. The van der Waals surface area contributed by atoms with Crippen LogP contribution in [0, 0.1) is 0 Å². The molecular weight excluding hydrogens is 484 g/mol. The van der Waals surface area contributed by atoms with Crippen LogP contribution in [0.4, 0.5) is 11.4 Å². The van der Waals surface area contributed by atoms with Gasteiger partial charge < -0.3 is 15.1 Å². The first-order valence-corrected chi connectivity index (χ1v) is 12.5. The summed E-state index contributed by atoms with van der Waals surface area (Å²) in [6, 6.07) is 14.4. The smallest absolute Gasteiger partial charge is 0.328 e. The molecule has 2 aromatic carbocycles. The van der Waals surface area contributed by atoms with E-state index >= 15 is 0 Å². The lowest BCUT2D eigenvalue weighted by Crippen LogP contribution is -2.33. The van der Waals surface area contributed by atoms with E-state index in [4.69, 9.17) is 22.4 Å². The van der Waals surface area contributed by atoms with Gasteiger partial charge in [-0.2, -0.15) is 0 Å². The first kappa shape index (κ1) is 23.3.